The van der Waals surface area contributed by atoms with E-state index in [0.717, 1.165) is 12.8 Å². The first-order valence-corrected chi connectivity index (χ1v) is 18.3. The van der Waals surface area contributed by atoms with E-state index in [-0.39, 0.29) is 19.8 Å². The van der Waals surface area contributed by atoms with Crippen LogP contribution in [0.2, 0.25) is 0 Å². The zero-order chi connectivity index (χ0) is 38.9. The van der Waals surface area contributed by atoms with Crippen molar-refractivity contribution < 1.29 is 73.5 Å². The highest BCUT2D eigenvalue weighted by Gasteiger charge is 2.44. The van der Waals surface area contributed by atoms with Gasteiger partial charge in [0.05, 0.1) is 58.3 Å². The minimum absolute atomic E-state index is 0.0151. The molecule has 1 heterocycles. The molecular formula is C34H63N3O15. The second kappa shape index (κ2) is 28.0. The van der Waals surface area contributed by atoms with Crippen molar-refractivity contribution in [2.24, 2.45) is 0 Å². The van der Waals surface area contributed by atoms with Gasteiger partial charge in [0.1, 0.15) is 36.5 Å². The molecule has 3 amide bonds. The van der Waals surface area contributed by atoms with E-state index in [1.54, 1.807) is 0 Å². The Hall–Kier alpha value is -2.52. The summed E-state index contributed by atoms with van der Waals surface area (Å²) in [7, 11) is 0. The lowest BCUT2D eigenvalue weighted by atomic mass is 10.00. The van der Waals surface area contributed by atoms with Crippen molar-refractivity contribution in [3.8, 4) is 0 Å². The summed E-state index contributed by atoms with van der Waals surface area (Å²) >= 11 is 0. The summed E-state index contributed by atoms with van der Waals surface area (Å²) in [5, 5.41) is 66.2. The van der Waals surface area contributed by atoms with E-state index in [0.29, 0.717) is 26.4 Å². The Bertz CT molecular complexity index is 1010. The molecule has 9 atom stereocenters. The molecule has 0 saturated carbocycles. The predicted molar refractivity (Wildman–Crippen MR) is 185 cm³/mol. The Morgan fingerprint density at radius 1 is 0.731 bits per heavy atom. The van der Waals surface area contributed by atoms with Crippen LogP contribution in [0.1, 0.15) is 85.0 Å². The molecule has 1 fully saturated rings. The summed E-state index contributed by atoms with van der Waals surface area (Å²) in [6.45, 7) is 6.19. The topological polar surface area (TPSA) is 272 Å². The third kappa shape index (κ3) is 19.5. The van der Waals surface area contributed by atoms with Crippen LogP contribution in [0.25, 0.3) is 0 Å². The minimum atomic E-state index is -1.83. The predicted octanol–water partition coefficient (Wildman–Crippen LogP) is -1.29. The molecular weight excluding hydrogens is 690 g/mol. The Balaban J connectivity index is 2.62. The standard InChI is InChI=1S/C34H63N3O15/c1-4-5-6-7-8-9-10-11-15-48-17-19-50-20-18-49-16-14-35-32(46)27(22(2)51-34-31(45)30(44)29(43)23(3)52-34)37-33(47)28(24(39)21-38)36-25(40)12-13-26(41)42/h22-24,27-31,34,38-39,43-45H,4-21H2,1-3H3,(H,35,46)(H,36,40)(H,37,47)(H,41,42)/t22-,23+,24+,27+,28+,29-,30-,31+,34-/m1/s1. The first-order valence-electron chi connectivity index (χ1n) is 18.3. The van der Waals surface area contributed by atoms with E-state index in [1.165, 1.54) is 52.4 Å². The van der Waals surface area contributed by atoms with Crippen LogP contribution < -0.4 is 16.0 Å². The van der Waals surface area contributed by atoms with Crippen molar-refractivity contribution in [2.45, 2.75) is 140 Å². The molecule has 0 radical (unpaired) electrons. The van der Waals surface area contributed by atoms with Crippen molar-refractivity contribution in [3.05, 3.63) is 0 Å². The van der Waals surface area contributed by atoms with E-state index in [1.807, 2.05) is 0 Å². The summed E-state index contributed by atoms with van der Waals surface area (Å²) < 4.78 is 27.7. The fraction of sp³-hybridized carbons (Fsp3) is 0.882. The number of hydrogen-bond acceptors (Lipinski definition) is 14. The molecule has 18 heteroatoms. The summed E-state index contributed by atoms with van der Waals surface area (Å²) in [6, 6.07) is -3.35. The number of unbranched alkanes of at least 4 members (excludes halogenated alkanes) is 7. The normalized spacial score (nSPS) is 22.6. The van der Waals surface area contributed by atoms with Gasteiger partial charge >= 0.3 is 5.97 Å². The highest BCUT2D eigenvalue weighted by molar-refractivity contribution is 5.93. The zero-order valence-electron chi connectivity index (χ0n) is 30.8. The van der Waals surface area contributed by atoms with Crippen LogP contribution in [-0.4, -0.2) is 162 Å². The molecule has 0 spiro atoms. The number of carbonyl (C=O) groups excluding carboxylic acids is 3. The van der Waals surface area contributed by atoms with Gasteiger partial charge < -0.3 is 70.3 Å². The number of ether oxygens (including phenoxy) is 5. The van der Waals surface area contributed by atoms with E-state index in [9.17, 15) is 44.7 Å². The van der Waals surface area contributed by atoms with Crippen LogP contribution in [0.4, 0.5) is 0 Å². The van der Waals surface area contributed by atoms with Gasteiger partial charge in [-0.1, -0.05) is 51.9 Å². The van der Waals surface area contributed by atoms with Crippen LogP contribution in [0.15, 0.2) is 0 Å². The fourth-order valence-electron chi connectivity index (χ4n) is 5.20. The molecule has 0 aromatic heterocycles. The molecule has 0 bridgehead atoms. The van der Waals surface area contributed by atoms with Crippen LogP contribution in [-0.2, 0) is 42.9 Å². The maximum absolute atomic E-state index is 13.3. The second-order valence-electron chi connectivity index (χ2n) is 12.8. The average molecular weight is 754 g/mol. The largest absolute Gasteiger partial charge is 0.481 e. The van der Waals surface area contributed by atoms with Gasteiger partial charge in [0, 0.05) is 19.6 Å². The first-order chi connectivity index (χ1) is 24.8. The first kappa shape index (κ1) is 47.5. The van der Waals surface area contributed by atoms with Crippen molar-refractivity contribution >= 4 is 23.7 Å². The number of aliphatic hydroxyl groups is 5. The van der Waals surface area contributed by atoms with Crippen LogP contribution in [0, 0.1) is 0 Å². The summed E-state index contributed by atoms with van der Waals surface area (Å²) in [6.07, 6.45) is -1.61. The number of aliphatic hydroxyl groups excluding tert-OH is 5. The number of carbonyl (C=O) groups is 4. The molecule has 0 aromatic carbocycles. The maximum Gasteiger partial charge on any atom is 0.303 e. The van der Waals surface area contributed by atoms with Gasteiger partial charge in [-0.15, -0.1) is 0 Å². The third-order valence-electron chi connectivity index (χ3n) is 8.38. The Morgan fingerprint density at radius 2 is 1.31 bits per heavy atom. The molecule has 1 aliphatic rings. The SMILES string of the molecule is CCCCCCCCCCOCCOCCOCCNC(=O)[C@@H](NC(=O)[C@@H](NC(=O)CCC(=O)O)[C@@H](O)CO)[C@@H](C)O[C@@H]1O[C@@H](C)[C@@H](O)[C@@H](O)[C@@H]1O. The van der Waals surface area contributed by atoms with Crippen molar-refractivity contribution in [2.75, 3.05) is 52.8 Å². The molecule has 9 N–H and O–H groups in total. The number of carboxylic acid groups (broad SMARTS) is 1. The highest BCUT2D eigenvalue weighted by Crippen LogP contribution is 2.23. The number of aliphatic carboxylic acids is 1. The van der Waals surface area contributed by atoms with Crippen molar-refractivity contribution in [3.63, 3.8) is 0 Å². The average Bonchev–Trinajstić information content (AvgIpc) is 3.12. The summed E-state index contributed by atoms with van der Waals surface area (Å²) in [5.74, 6) is -4.10. The van der Waals surface area contributed by atoms with E-state index in [2.05, 4.69) is 22.9 Å². The Labute approximate surface area is 305 Å². The second-order valence-corrected chi connectivity index (χ2v) is 12.8. The van der Waals surface area contributed by atoms with Gasteiger partial charge in [0.2, 0.25) is 17.7 Å². The van der Waals surface area contributed by atoms with Gasteiger partial charge in [-0.3, -0.25) is 19.2 Å². The zero-order valence-corrected chi connectivity index (χ0v) is 30.8. The Kier molecular flexibility index (Phi) is 25.6. The van der Waals surface area contributed by atoms with Crippen LogP contribution >= 0.6 is 0 Å². The van der Waals surface area contributed by atoms with Crippen LogP contribution in [0.3, 0.4) is 0 Å². The van der Waals surface area contributed by atoms with E-state index in [4.69, 9.17) is 28.8 Å². The quantitative estimate of drug-likeness (QED) is 0.0387. The molecule has 1 aliphatic heterocycles. The highest BCUT2D eigenvalue weighted by atomic mass is 16.7. The molecule has 1 rings (SSSR count). The monoisotopic (exact) mass is 753 g/mol. The summed E-state index contributed by atoms with van der Waals surface area (Å²) in [4.78, 5) is 49.6. The van der Waals surface area contributed by atoms with Crippen molar-refractivity contribution in [1.29, 1.82) is 0 Å². The maximum atomic E-state index is 13.3. The van der Waals surface area contributed by atoms with Gasteiger partial charge in [-0.2, -0.15) is 0 Å². The minimum Gasteiger partial charge on any atom is -0.481 e. The van der Waals surface area contributed by atoms with Gasteiger partial charge in [-0.05, 0) is 20.3 Å². The molecule has 0 aliphatic carbocycles. The lowest BCUT2D eigenvalue weighted by Gasteiger charge is -2.40. The lowest BCUT2D eigenvalue weighted by Crippen LogP contribution is -2.62. The number of carboxylic acids is 1. The van der Waals surface area contributed by atoms with Gasteiger partial charge in [0.15, 0.2) is 6.29 Å². The van der Waals surface area contributed by atoms with Crippen molar-refractivity contribution in [1.82, 2.24) is 16.0 Å². The number of amides is 3. The van der Waals surface area contributed by atoms with E-state index >= 15 is 0 Å². The molecule has 0 unspecified atom stereocenters. The lowest BCUT2D eigenvalue weighted by molar-refractivity contribution is -0.303. The Morgan fingerprint density at radius 3 is 1.90 bits per heavy atom. The number of nitrogens with one attached hydrogen (secondary N) is 3. The molecule has 18 nitrogen and oxygen atoms in total. The number of hydrogen-bond donors (Lipinski definition) is 9. The molecule has 52 heavy (non-hydrogen) atoms. The molecule has 1 saturated heterocycles. The van der Waals surface area contributed by atoms with Crippen LogP contribution in [0.5, 0.6) is 0 Å². The van der Waals surface area contributed by atoms with Gasteiger partial charge in [-0.25, -0.2) is 0 Å². The fourth-order valence-corrected chi connectivity index (χ4v) is 5.20. The molecule has 304 valence electrons. The smallest absolute Gasteiger partial charge is 0.303 e. The van der Waals surface area contributed by atoms with E-state index < -0.39 is 98.1 Å². The van der Waals surface area contributed by atoms with Gasteiger partial charge in [0.25, 0.3) is 0 Å². The number of rotatable bonds is 30. The third-order valence-corrected chi connectivity index (χ3v) is 8.38. The molecule has 0 aromatic rings. The summed E-state index contributed by atoms with van der Waals surface area (Å²) in [5.41, 5.74) is 0.